The van der Waals surface area contributed by atoms with Crippen molar-refractivity contribution in [2.45, 2.75) is 32.6 Å². The average molecular weight is 427 g/mol. The molecule has 0 aliphatic carbocycles. The van der Waals surface area contributed by atoms with Gasteiger partial charge >= 0.3 is 5.69 Å². The van der Waals surface area contributed by atoms with Crippen LogP contribution in [0.2, 0.25) is 0 Å². The van der Waals surface area contributed by atoms with Crippen LogP contribution >= 0.6 is 11.5 Å². The van der Waals surface area contributed by atoms with Gasteiger partial charge in [-0.3, -0.25) is 10.1 Å². The van der Waals surface area contributed by atoms with E-state index in [2.05, 4.69) is 24.9 Å². The molecule has 0 amide bonds. The van der Waals surface area contributed by atoms with Crippen LogP contribution in [0.5, 0.6) is 0 Å². The Bertz CT molecular complexity index is 1000. The van der Waals surface area contributed by atoms with Gasteiger partial charge in [-0.05, 0) is 30.9 Å². The molecule has 30 heavy (non-hydrogen) atoms. The quantitative estimate of drug-likeness (QED) is 0.467. The first kappa shape index (κ1) is 20.1. The van der Waals surface area contributed by atoms with Gasteiger partial charge < -0.3 is 15.0 Å². The smallest absolute Gasteiger partial charge is 0.353 e. The van der Waals surface area contributed by atoms with Crippen molar-refractivity contribution in [3.05, 3.63) is 51.7 Å². The molecule has 0 spiro atoms. The fraction of sp³-hybridized carbons (Fsp3) is 0.368. The molecule has 0 bridgehead atoms. The summed E-state index contributed by atoms with van der Waals surface area (Å²) in [6.07, 6.45) is 1.28. The number of nitro groups is 1. The van der Waals surface area contributed by atoms with E-state index in [4.69, 9.17) is 4.74 Å². The van der Waals surface area contributed by atoms with Crippen molar-refractivity contribution in [1.82, 2.24) is 19.6 Å². The van der Waals surface area contributed by atoms with Crippen molar-refractivity contribution >= 4 is 28.9 Å². The standard InChI is InChI=1S/C19H21N7O3S/c1-12-8-25(9-13(2)29-12)19-17(26(27)28)18(21-11-22-19)20-7-14-3-5-15(6-4-14)16-10-30-24-23-16/h3-6,10-13H,7-9H2,1-2H3,(H,20,21,22). The molecular formula is C19H21N7O3S. The minimum Gasteiger partial charge on any atom is -0.372 e. The van der Waals surface area contributed by atoms with E-state index >= 15 is 0 Å². The number of aromatic nitrogens is 4. The summed E-state index contributed by atoms with van der Waals surface area (Å²) in [5.74, 6) is 0.510. The number of hydrogen-bond donors (Lipinski definition) is 1. The summed E-state index contributed by atoms with van der Waals surface area (Å²) in [6.45, 7) is 5.35. The van der Waals surface area contributed by atoms with Gasteiger partial charge in [0.2, 0.25) is 11.6 Å². The van der Waals surface area contributed by atoms with E-state index in [1.165, 1.54) is 17.9 Å². The van der Waals surface area contributed by atoms with Crippen LogP contribution in [-0.2, 0) is 11.3 Å². The molecule has 1 aromatic carbocycles. The summed E-state index contributed by atoms with van der Waals surface area (Å²) in [5, 5.41) is 20.9. The highest BCUT2D eigenvalue weighted by Crippen LogP contribution is 2.33. The lowest BCUT2D eigenvalue weighted by Crippen LogP contribution is -2.46. The van der Waals surface area contributed by atoms with Gasteiger partial charge in [0, 0.05) is 30.6 Å². The molecule has 1 aliphatic heterocycles. The number of nitrogens with one attached hydrogen (secondary N) is 1. The number of morpholine rings is 1. The van der Waals surface area contributed by atoms with E-state index in [0.717, 1.165) is 16.8 Å². The molecule has 4 rings (SSSR count). The fourth-order valence-electron chi connectivity index (χ4n) is 3.52. The number of nitrogens with zero attached hydrogens (tertiary/aromatic N) is 6. The number of benzene rings is 1. The third kappa shape index (κ3) is 4.36. The molecule has 0 radical (unpaired) electrons. The molecule has 0 saturated carbocycles. The second-order valence-electron chi connectivity index (χ2n) is 7.15. The fourth-order valence-corrected chi connectivity index (χ4v) is 3.98. The molecule has 2 aromatic heterocycles. The first-order valence-corrected chi connectivity index (χ1v) is 10.3. The van der Waals surface area contributed by atoms with E-state index in [-0.39, 0.29) is 23.7 Å². The first-order chi connectivity index (χ1) is 14.5. The van der Waals surface area contributed by atoms with E-state index in [0.29, 0.717) is 25.5 Å². The summed E-state index contributed by atoms with van der Waals surface area (Å²) >= 11 is 1.30. The largest absolute Gasteiger partial charge is 0.372 e. The molecule has 3 heterocycles. The zero-order valence-corrected chi connectivity index (χ0v) is 17.4. The van der Waals surface area contributed by atoms with E-state index in [1.807, 2.05) is 48.4 Å². The van der Waals surface area contributed by atoms with Crippen LogP contribution in [0.15, 0.2) is 36.0 Å². The van der Waals surface area contributed by atoms with E-state index in [9.17, 15) is 10.1 Å². The van der Waals surface area contributed by atoms with Gasteiger partial charge in [-0.1, -0.05) is 28.8 Å². The molecule has 2 unspecified atom stereocenters. The Labute approximate surface area is 177 Å². The maximum Gasteiger partial charge on any atom is 0.353 e. The Morgan fingerprint density at radius 2 is 1.97 bits per heavy atom. The van der Waals surface area contributed by atoms with Gasteiger partial charge in [0.15, 0.2) is 0 Å². The summed E-state index contributed by atoms with van der Waals surface area (Å²) < 4.78 is 9.60. The number of anilines is 2. The van der Waals surface area contributed by atoms with Crippen molar-refractivity contribution in [1.29, 1.82) is 0 Å². The van der Waals surface area contributed by atoms with Crippen molar-refractivity contribution in [3.63, 3.8) is 0 Å². The Hall–Kier alpha value is -3.18. The van der Waals surface area contributed by atoms with Gasteiger partial charge in [0.1, 0.15) is 12.0 Å². The molecular weight excluding hydrogens is 406 g/mol. The Morgan fingerprint density at radius 3 is 2.60 bits per heavy atom. The van der Waals surface area contributed by atoms with Crippen LogP contribution in [0.3, 0.4) is 0 Å². The lowest BCUT2D eigenvalue weighted by Gasteiger charge is -2.35. The Morgan fingerprint density at radius 1 is 1.23 bits per heavy atom. The molecule has 11 heteroatoms. The van der Waals surface area contributed by atoms with Crippen LogP contribution in [0.25, 0.3) is 11.3 Å². The molecule has 1 aliphatic rings. The molecule has 2 atom stereocenters. The van der Waals surface area contributed by atoms with E-state index < -0.39 is 4.92 Å². The first-order valence-electron chi connectivity index (χ1n) is 9.51. The van der Waals surface area contributed by atoms with Gasteiger partial charge in [-0.15, -0.1) is 5.10 Å². The molecule has 1 N–H and O–H groups in total. The van der Waals surface area contributed by atoms with Crippen molar-refractivity contribution in [2.24, 2.45) is 0 Å². The van der Waals surface area contributed by atoms with Crippen LogP contribution < -0.4 is 10.2 Å². The SMILES string of the molecule is CC1CN(c2ncnc(NCc3ccc(-c4csnn4)cc3)c2[N+](=O)[O-])CC(C)O1. The lowest BCUT2D eigenvalue weighted by atomic mass is 10.1. The number of rotatable bonds is 6. The Kier molecular flexibility index (Phi) is 5.81. The van der Waals surface area contributed by atoms with Gasteiger partial charge in [-0.2, -0.15) is 0 Å². The van der Waals surface area contributed by atoms with Crippen LogP contribution in [0, 0.1) is 10.1 Å². The lowest BCUT2D eigenvalue weighted by molar-refractivity contribution is -0.383. The number of ether oxygens (including phenoxy) is 1. The molecule has 156 valence electrons. The highest BCUT2D eigenvalue weighted by Gasteiger charge is 2.31. The normalized spacial score (nSPS) is 18.9. The summed E-state index contributed by atoms with van der Waals surface area (Å²) in [7, 11) is 0. The van der Waals surface area contributed by atoms with Crippen molar-refractivity contribution in [3.8, 4) is 11.3 Å². The summed E-state index contributed by atoms with van der Waals surface area (Å²) in [4.78, 5) is 21.7. The zero-order valence-electron chi connectivity index (χ0n) is 16.6. The molecule has 10 nitrogen and oxygen atoms in total. The molecule has 1 saturated heterocycles. The van der Waals surface area contributed by atoms with E-state index in [1.54, 1.807) is 0 Å². The highest BCUT2D eigenvalue weighted by atomic mass is 32.1. The maximum atomic E-state index is 11.9. The second-order valence-corrected chi connectivity index (χ2v) is 7.76. The second kappa shape index (κ2) is 8.67. The van der Waals surface area contributed by atoms with Gasteiger partial charge in [0.05, 0.1) is 17.1 Å². The highest BCUT2D eigenvalue weighted by molar-refractivity contribution is 7.03. The van der Waals surface area contributed by atoms with Crippen molar-refractivity contribution in [2.75, 3.05) is 23.3 Å². The summed E-state index contributed by atoms with van der Waals surface area (Å²) in [5.41, 5.74) is 2.64. The monoisotopic (exact) mass is 427 g/mol. The third-order valence-corrected chi connectivity index (χ3v) is 5.28. The zero-order chi connectivity index (χ0) is 21.1. The molecule has 3 aromatic rings. The minimum atomic E-state index is -0.430. The molecule has 1 fully saturated rings. The van der Waals surface area contributed by atoms with Crippen LogP contribution in [0.1, 0.15) is 19.4 Å². The van der Waals surface area contributed by atoms with Gasteiger partial charge in [0.25, 0.3) is 0 Å². The third-order valence-electron chi connectivity index (χ3n) is 4.77. The van der Waals surface area contributed by atoms with Crippen LogP contribution in [0.4, 0.5) is 17.3 Å². The van der Waals surface area contributed by atoms with Crippen LogP contribution in [-0.4, -0.2) is 49.8 Å². The minimum absolute atomic E-state index is 0.0360. The number of hydrogen-bond acceptors (Lipinski definition) is 10. The van der Waals surface area contributed by atoms with Gasteiger partial charge in [-0.25, -0.2) is 9.97 Å². The average Bonchev–Trinajstić information content (AvgIpc) is 3.26. The maximum absolute atomic E-state index is 11.9. The van der Waals surface area contributed by atoms with Crippen molar-refractivity contribution < 1.29 is 9.66 Å². The predicted molar refractivity (Wildman–Crippen MR) is 114 cm³/mol. The predicted octanol–water partition coefficient (Wildman–Crippen LogP) is 3.13. The summed E-state index contributed by atoms with van der Waals surface area (Å²) in [6, 6.07) is 7.79. The topological polar surface area (TPSA) is 119 Å². The Balaban J connectivity index is 1.53.